The molecule has 0 saturated heterocycles. The number of hydrogen-bond acceptors (Lipinski definition) is 6. The summed E-state index contributed by atoms with van der Waals surface area (Å²) in [5.74, 6) is -0.238. The fourth-order valence-electron chi connectivity index (χ4n) is 2.90. The SMILES string of the molecule is O=C(CCn1cnc2ccccc2c1=O)OCc1nc2ccccc2c(=O)[nH]1. The summed E-state index contributed by atoms with van der Waals surface area (Å²) in [5, 5.41) is 0.970. The van der Waals surface area contributed by atoms with Crippen molar-refractivity contribution in [3.8, 4) is 0 Å². The van der Waals surface area contributed by atoms with E-state index < -0.39 is 5.97 Å². The van der Waals surface area contributed by atoms with Crippen molar-refractivity contribution < 1.29 is 9.53 Å². The maximum absolute atomic E-state index is 12.4. The molecule has 0 aliphatic carbocycles. The number of carbonyl (C=O) groups is 1. The first-order chi connectivity index (χ1) is 13.6. The zero-order valence-corrected chi connectivity index (χ0v) is 14.8. The van der Waals surface area contributed by atoms with Gasteiger partial charge in [0.05, 0.1) is 34.6 Å². The monoisotopic (exact) mass is 376 g/mol. The van der Waals surface area contributed by atoms with Gasteiger partial charge in [-0.25, -0.2) is 9.97 Å². The van der Waals surface area contributed by atoms with E-state index in [0.717, 1.165) is 0 Å². The minimum absolute atomic E-state index is 0.00224. The fraction of sp³-hybridized carbons (Fsp3) is 0.150. The molecule has 140 valence electrons. The van der Waals surface area contributed by atoms with Crippen molar-refractivity contribution in [2.75, 3.05) is 0 Å². The highest BCUT2D eigenvalue weighted by Gasteiger charge is 2.09. The van der Waals surface area contributed by atoms with E-state index in [0.29, 0.717) is 21.8 Å². The molecule has 0 fully saturated rings. The molecule has 0 bridgehead atoms. The standard InChI is InChI=1S/C20H16N4O4/c25-18(9-10-24-12-21-15-7-3-2-6-14(15)20(24)27)28-11-17-22-16-8-4-1-5-13(16)19(26)23-17/h1-8,12H,9-11H2,(H,22,23,26). The number of carbonyl (C=O) groups excluding carboxylic acids is 1. The number of ether oxygens (including phenoxy) is 1. The molecule has 0 spiro atoms. The number of aromatic nitrogens is 4. The first-order valence-electron chi connectivity index (χ1n) is 8.69. The number of aromatic amines is 1. The zero-order chi connectivity index (χ0) is 19.5. The molecule has 4 aromatic rings. The molecule has 2 heterocycles. The number of fused-ring (bicyclic) bond motifs is 2. The van der Waals surface area contributed by atoms with Crippen LogP contribution in [0.4, 0.5) is 0 Å². The van der Waals surface area contributed by atoms with E-state index in [1.54, 1.807) is 42.5 Å². The molecule has 2 aromatic heterocycles. The summed E-state index contributed by atoms with van der Waals surface area (Å²) in [5.41, 5.74) is 0.646. The third-order valence-corrected chi connectivity index (χ3v) is 4.32. The van der Waals surface area contributed by atoms with Gasteiger partial charge < -0.3 is 9.72 Å². The van der Waals surface area contributed by atoms with Gasteiger partial charge in [0.15, 0.2) is 0 Å². The summed E-state index contributed by atoms with van der Waals surface area (Å²) in [4.78, 5) is 47.5. The average molecular weight is 376 g/mol. The Hall–Kier alpha value is -3.81. The number of H-pyrrole nitrogens is 1. The largest absolute Gasteiger partial charge is 0.457 e. The smallest absolute Gasteiger partial charge is 0.308 e. The summed E-state index contributed by atoms with van der Waals surface area (Å²) in [6.45, 7) is 0.000939. The van der Waals surface area contributed by atoms with Crippen molar-refractivity contribution in [3.63, 3.8) is 0 Å². The molecule has 8 nitrogen and oxygen atoms in total. The van der Waals surface area contributed by atoms with Crippen molar-refractivity contribution >= 4 is 27.8 Å². The van der Waals surface area contributed by atoms with Crippen molar-refractivity contribution in [2.24, 2.45) is 0 Å². The minimum Gasteiger partial charge on any atom is -0.457 e. The molecule has 2 aromatic carbocycles. The quantitative estimate of drug-likeness (QED) is 0.532. The Morgan fingerprint density at radius 2 is 1.71 bits per heavy atom. The van der Waals surface area contributed by atoms with Gasteiger partial charge in [-0.2, -0.15) is 0 Å². The number of benzene rings is 2. The number of esters is 1. The number of rotatable bonds is 5. The topological polar surface area (TPSA) is 107 Å². The molecular formula is C20H16N4O4. The van der Waals surface area contributed by atoms with Crippen molar-refractivity contribution in [3.05, 3.63) is 81.4 Å². The summed E-state index contributed by atoms with van der Waals surface area (Å²) >= 11 is 0. The molecule has 0 atom stereocenters. The number of para-hydroxylation sites is 2. The molecule has 1 N–H and O–H groups in total. The molecule has 0 amide bonds. The van der Waals surface area contributed by atoms with Crippen LogP contribution in [0.3, 0.4) is 0 Å². The van der Waals surface area contributed by atoms with Crippen molar-refractivity contribution in [1.82, 2.24) is 19.5 Å². The third kappa shape index (κ3) is 3.52. The predicted octanol–water partition coefficient (Wildman–Crippen LogP) is 1.77. The normalized spacial score (nSPS) is 11.0. The maximum Gasteiger partial charge on any atom is 0.308 e. The van der Waals surface area contributed by atoms with Crippen LogP contribution in [0, 0.1) is 0 Å². The number of hydrogen-bond donors (Lipinski definition) is 1. The molecular weight excluding hydrogens is 360 g/mol. The number of nitrogens with zero attached hydrogens (tertiary/aromatic N) is 3. The van der Waals surface area contributed by atoms with Crippen LogP contribution >= 0.6 is 0 Å². The van der Waals surface area contributed by atoms with Gasteiger partial charge in [-0.15, -0.1) is 0 Å². The molecule has 0 aliphatic heterocycles. The molecule has 28 heavy (non-hydrogen) atoms. The summed E-state index contributed by atoms with van der Waals surface area (Å²) < 4.78 is 6.55. The van der Waals surface area contributed by atoms with Gasteiger partial charge in [-0.3, -0.25) is 19.0 Å². The second kappa shape index (κ2) is 7.43. The first kappa shape index (κ1) is 17.6. The second-order valence-electron chi connectivity index (χ2n) is 6.20. The zero-order valence-electron chi connectivity index (χ0n) is 14.8. The molecule has 8 heteroatoms. The minimum atomic E-state index is -0.504. The highest BCUT2D eigenvalue weighted by atomic mass is 16.5. The van der Waals surface area contributed by atoms with Crippen LogP contribution in [0.5, 0.6) is 0 Å². The lowest BCUT2D eigenvalue weighted by molar-refractivity contribution is -0.145. The summed E-state index contributed by atoms with van der Waals surface area (Å²) in [6.07, 6.45) is 1.41. The Bertz CT molecular complexity index is 1290. The molecule has 0 unspecified atom stereocenters. The summed E-state index contributed by atoms with van der Waals surface area (Å²) in [6, 6.07) is 13.9. The van der Waals surface area contributed by atoms with E-state index in [2.05, 4.69) is 15.0 Å². The predicted molar refractivity (Wildman–Crippen MR) is 103 cm³/mol. The maximum atomic E-state index is 12.4. The molecule has 0 aliphatic rings. The summed E-state index contributed by atoms with van der Waals surface area (Å²) in [7, 11) is 0. The van der Waals surface area contributed by atoms with E-state index in [-0.39, 0.29) is 36.5 Å². The van der Waals surface area contributed by atoms with Crippen LogP contribution in [-0.2, 0) is 22.7 Å². The van der Waals surface area contributed by atoms with Crippen LogP contribution in [0.2, 0.25) is 0 Å². The Balaban J connectivity index is 1.41. The van der Waals surface area contributed by atoms with Crippen molar-refractivity contribution in [2.45, 2.75) is 19.6 Å². The van der Waals surface area contributed by atoms with E-state index in [9.17, 15) is 14.4 Å². The molecule has 4 rings (SSSR count). The number of aryl methyl sites for hydroxylation is 1. The Labute approximate surface area is 158 Å². The lowest BCUT2D eigenvalue weighted by Crippen LogP contribution is -2.22. The van der Waals surface area contributed by atoms with Crippen LogP contribution in [0.25, 0.3) is 21.8 Å². The molecule has 0 saturated carbocycles. The Morgan fingerprint density at radius 3 is 2.54 bits per heavy atom. The fourth-order valence-corrected chi connectivity index (χ4v) is 2.90. The second-order valence-corrected chi connectivity index (χ2v) is 6.20. The van der Waals surface area contributed by atoms with Gasteiger partial charge >= 0.3 is 5.97 Å². The van der Waals surface area contributed by atoms with Crippen molar-refractivity contribution in [1.29, 1.82) is 0 Å². The van der Waals surface area contributed by atoms with Crippen LogP contribution in [0.15, 0.2) is 64.4 Å². The van der Waals surface area contributed by atoms with Crippen LogP contribution < -0.4 is 11.1 Å². The van der Waals surface area contributed by atoms with Gasteiger partial charge in [-0.05, 0) is 24.3 Å². The first-order valence-corrected chi connectivity index (χ1v) is 8.69. The van der Waals surface area contributed by atoms with Gasteiger partial charge in [0, 0.05) is 6.54 Å². The van der Waals surface area contributed by atoms with Gasteiger partial charge in [0.25, 0.3) is 11.1 Å². The van der Waals surface area contributed by atoms with Crippen LogP contribution in [0.1, 0.15) is 12.2 Å². The highest BCUT2D eigenvalue weighted by molar-refractivity contribution is 5.77. The number of nitrogens with one attached hydrogen (secondary N) is 1. The lowest BCUT2D eigenvalue weighted by Gasteiger charge is -2.07. The van der Waals surface area contributed by atoms with Gasteiger partial charge in [0.2, 0.25) is 0 Å². The van der Waals surface area contributed by atoms with E-state index >= 15 is 0 Å². The van der Waals surface area contributed by atoms with Gasteiger partial charge in [0.1, 0.15) is 12.4 Å². The van der Waals surface area contributed by atoms with Crippen LogP contribution in [-0.4, -0.2) is 25.5 Å². The molecule has 0 radical (unpaired) electrons. The third-order valence-electron chi connectivity index (χ3n) is 4.32. The Morgan fingerprint density at radius 1 is 1.00 bits per heavy atom. The van der Waals surface area contributed by atoms with E-state index in [4.69, 9.17) is 4.74 Å². The average Bonchev–Trinajstić information content (AvgIpc) is 2.72. The lowest BCUT2D eigenvalue weighted by atomic mass is 10.2. The van der Waals surface area contributed by atoms with E-state index in [1.807, 2.05) is 6.07 Å². The Kier molecular flexibility index (Phi) is 4.67. The highest BCUT2D eigenvalue weighted by Crippen LogP contribution is 2.07. The van der Waals surface area contributed by atoms with Gasteiger partial charge in [-0.1, -0.05) is 24.3 Å². The van der Waals surface area contributed by atoms with E-state index in [1.165, 1.54) is 10.9 Å².